The predicted molar refractivity (Wildman–Crippen MR) is 455 cm³/mol. The molecule has 10 aliphatic rings. The Morgan fingerprint density at radius 3 is 1.34 bits per heavy atom. The number of Topliss-reactive ketones (excluding diaryl/α,β-unsaturated/α-hetero) is 8. The van der Waals surface area contributed by atoms with Crippen LogP contribution < -0.4 is 10.2 Å². The number of hydrogen-bond acceptors (Lipinski definition) is 20. The van der Waals surface area contributed by atoms with E-state index in [1.807, 2.05) is 13.0 Å². The molecule has 0 aromatic rings. The molecule has 0 spiro atoms. The number of aliphatic carboxylic acids is 1. The standard InChI is InChI=1S/C17H28O4Si.C17H30O2Si.C16H28O2Si.C10H14O3.C10H12O2.C6H15N.C6H8O2.C4H6O.C2H4O3.CH3O.Mg/c1-16(2,3)22(5,6)21-13-8-7-11-14(15(19)20)12(18)9-10-17(11,13)4;1-12-13-8-9-15(17(13,5)11-10-14(12)18)19-20(6,7)16(2,3)4;1-15(2,3)19(5,6)18-14-8-7-12-11-13(17)9-10-16(12,14)4;1-7(11)5-6-10(2)8(12)3-4-9(10)13;1-10-5-4-8(11)6-7(10)2-3-9(10)12;1-4-7(5-2)6-3;1-4-5(7)2-3-6(4)8;1-3-4(2)5;1-5-2(3)4;1-2;/h13H,7-10H2,1-6H3,(H,19,20);13,15H,1,8-11H2,2-7H3;11,14H,7-10H2,1-6H3;3-6H2,1-2H3;6H,2-5H2,1H3;4-6H2,1-3H3;4H,2-3H2,1H3;3H,1H2,2H3;1H3,(H,3,4);1H3;/q;;;;;;;;;-1;+2/p-1/t13-,17-;13-,15-,17-;14-,16-;;10-;;;;;;/m000.0....../s1. The number of carbonyl (C=O) groups excluding carboxylic acids is 12. The summed E-state index contributed by atoms with van der Waals surface area (Å²) < 4.78 is 23.5. The molecular formula is C89H147MgNO20Si3. The zero-order valence-corrected chi connectivity index (χ0v) is 80.0. The van der Waals surface area contributed by atoms with Gasteiger partial charge in [0.2, 0.25) is 0 Å². The number of carbonyl (C=O) groups is 13. The van der Waals surface area contributed by atoms with Crippen LogP contribution in [0.15, 0.2) is 59.3 Å². The molecule has 0 aliphatic heterocycles. The molecule has 7 fully saturated rings. The SMILES string of the molecule is C=C1C(=O)CC[C@]2(C)[C@@H](O[Si](C)(C)C(C)(C)C)CC[C@@H]12.C=CC(C)=O.CC(=O)CCC1(C)C(=O)CCC1=O.CC(C)(C)[Si](C)(C)O[C@H]1CCC2=C(C(=O)O)C(=O)CC[C@@]21C.CC(C)(C)[Si](C)(C)O[C@H]1CCC2=CC(=O)CC[C@@]21C.CC1C(=O)CCC1=O.CCN(CC)CC.COC(=O)[O-].C[C@]12CCC(=O)C=C1CCC2=O.C[O-].[Mg+2]. The van der Waals surface area contributed by atoms with Crippen molar-refractivity contribution in [2.75, 3.05) is 33.9 Å². The molecule has 25 heteroatoms. The van der Waals surface area contributed by atoms with E-state index >= 15 is 0 Å². The number of rotatable bonds is 14. The van der Waals surface area contributed by atoms with Crippen LogP contribution in [0.4, 0.5) is 4.79 Å². The second kappa shape index (κ2) is 45.4. The minimum atomic E-state index is -1.91. The molecule has 0 heterocycles. The molecule has 10 aliphatic carbocycles. The largest absolute Gasteiger partial charge is 2.00 e. The van der Waals surface area contributed by atoms with Gasteiger partial charge in [-0.1, -0.05) is 128 Å². The van der Waals surface area contributed by atoms with Crippen LogP contribution in [0.3, 0.4) is 0 Å². The smallest absolute Gasteiger partial charge is 0.857 e. The van der Waals surface area contributed by atoms with Crippen LogP contribution in [0.2, 0.25) is 54.4 Å². The third-order valence-corrected chi connectivity index (χ3v) is 40.5. The Morgan fingerprint density at radius 2 is 0.956 bits per heavy atom. The summed E-state index contributed by atoms with van der Waals surface area (Å²) in [4.78, 5) is 145. The van der Waals surface area contributed by atoms with Gasteiger partial charge in [-0.25, -0.2) is 4.79 Å². The number of hydrogen-bond donors (Lipinski definition) is 1. The molecule has 0 aromatic carbocycles. The molecule has 1 N–H and O–H groups in total. The number of nitrogens with zero attached hydrogens (tertiary/aromatic N) is 1. The van der Waals surface area contributed by atoms with Crippen LogP contribution in [-0.4, -0.2) is 186 Å². The second-order valence-corrected chi connectivity index (χ2v) is 51.9. The maximum atomic E-state index is 12.0. The van der Waals surface area contributed by atoms with Gasteiger partial charge in [-0.15, -0.1) is 0 Å². The summed E-state index contributed by atoms with van der Waals surface area (Å²) in [6.07, 6.45) is 19.2. The number of ether oxygens (including phenoxy) is 1. The fraction of sp³-hybridized carbons (Fsp3) is 0.742. The van der Waals surface area contributed by atoms with Crippen LogP contribution in [0.5, 0.6) is 0 Å². The number of ketones is 11. The van der Waals surface area contributed by atoms with Gasteiger partial charge in [0.05, 0.1) is 29.6 Å². The van der Waals surface area contributed by atoms with Gasteiger partial charge in [-0.3, -0.25) is 47.9 Å². The summed E-state index contributed by atoms with van der Waals surface area (Å²) in [7, 11) is -3.60. The molecule has 0 saturated heterocycles. The van der Waals surface area contributed by atoms with Gasteiger partial charge in [0.25, 0.3) is 6.16 Å². The van der Waals surface area contributed by atoms with Crippen LogP contribution in [-0.2, 0) is 75.5 Å². The van der Waals surface area contributed by atoms with Crippen molar-refractivity contribution in [1.82, 2.24) is 4.90 Å². The van der Waals surface area contributed by atoms with Crippen molar-refractivity contribution in [3.63, 3.8) is 0 Å². The Morgan fingerprint density at radius 1 is 0.561 bits per heavy atom. The zero-order valence-electron chi connectivity index (χ0n) is 75.6. The van der Waals surface area contributed by atoms with Crippen molar-refractivity contribution in [2.24, 2.45) is 38.9 Å². The van der Waals surface area contributed by atoms with Gasteiger partial charge in [-0.05, 0) is 226 Å². The molecule has 7 saturated carbocycles. The van der Waals surface area contributed by atoms with Gasteiger partial charge >= 0.3 is 29.0 Å². The molecule has 114 heavy (non-hydrogen) atoms. The Balaban J connectivity index is 0.00000130. The first-order valence-electron chi connectivity index (χ1n) is 41.0. The number of carboxylic acids is 1. The van der Waals surface area contributed by atoms with Gasteiger partial charge in [0.1, 0.15) is 40.3 Å². The van der Waals surface area contributed by atoms with Crippen molar-refractivity contribution in [3.8, 4) is 0 Å². The molecule has 0 unspecified atom stereocenters. The number of methoxy groups -OCH3 is 1. The van der Waals surface area contributed by atoms with Crippen LogP contribution in [0, 0.1) is 38.9 Å². The number of allylic oxidation sites excluding steroid dienone is 5. The predicted octanol–water partition coefficient (Wildman–Crippen LogP) is 16.3. The first kappa shape index (κ1) is 109. The van der Waals surface area contributed by atoms with Gasteiger partial charge in [0.15, 0.2) is 53.9 Å². The van der Waals surface area contributed by atoms with Gasteiger partial charge in [0, 0.05) is 87.6 Å². The van der Waals surface area contributed by atoms with E-state index in [0.29, 0.717) is 113 Å². The molecule has 0 amide bonds. The summed E-state index contributed by atoms with van der Waals surface area (Å²) in [5.74, 6) is 0.126. The fourth-order valence-corrected chi connectivity index (χ4v) is 19.7. The van der Waals surface area contributed by atoms with Crippen LogP contribution >= 0.6 is 0 Å². The Bertz CT molecular complexity index is 3500. The van der Waals surface area contributed by atoms with E-state index in [9.17, 15) is 62.6 Å². The van der Waals surface area contributed by atoms with Crippen LogP contribution in [0.25, 0.3) is 0 Å². The van der Waals surface area contributed by atoms with Gasteiger partial charge in [-0.2, -0.15) is 7.11 Å². The molecule has 0 radical (unpaired) electrons. The Labute approximate surface area is 704 Å². The Hall–Kier alpha value is -4.97. The molecular weight excluding hydrogens is 1510 g/mol. The number of carboxylic acid groups (broad SMARTS) is 2. The van der Waals surface area contributed by atoms with E-state index in [1.165, 1.54) is 45.1 Å². The van der Waals surface area contributed by atoms with Crippen molar-refractivity contribution >= 4 is 124 Å². The average Bonchev–Trinajstić information content (AvgIpc) is 1.64. The first-order valence-corrected chi connectivity index (χ1v) is 49.8. The quantitative estimate of drug-likeness (QED) is 0.0555. The van der Waals surface area contributed by atoms with Crippen molar-refractivity contribution in [1.29, 1.82) is 0 Å². The van der Waals surface area contributed by atoms with E-state index < -0.39 is 42.5 Å². The summed E-state index contributed by atoms with van der Waals surface area (Å²) in [5, 5.41) is 27.3. The normalized spacial score (nSPS) is 26.2. The average molecular weight is 1660 g/mol. The molecule has 10 rings (SSSR count). The summed E-state index contributed by atoms with van der Waals surface area (Å²) in [6, 6.07) is 0. The third kappa shape index (κ3) is 29.2. The molecule has 0 bridgehead atoms. The summed E-state index contributed by atoms with van der Waals surface area (Å²) >= 11 is 0. The maximum absolute atomic E-state index is 12.0. The van der Waals surface area contributed by atoms with E-state index in [4.69, 9.17) is 28.3 Å². The van der Waals surface area contributed by atoms with E-state index in [1.54, 1.807) is 19.9 Å². The zero-order chi connectivity index (χ0) is 88.0. The third-order valence-electron chi connectivity index (χ3n) is 27.0. The number of fused-ring (bicyclic) bond motifs is 4. The van der Waals surface area contributed by atoms with Gasteiger partial charge < -0.3 is 47.8 Å². The Kier molecular flexibility index (Phi) is 43.5. The minimum Gasteiger partial charge on any atom is -0.857 e. The molecule has 8 atom stereocenters. The summed E-state index contributed by atoms with van der Waals surface area (Å²) in [6.45, 7) is 66.5. The van der Waals surface area contributed by atoms with E-state index in [-0.39, 0.29) is 129 Å². The topological polar surface area (TPSA) is 328 Å². The van der Waals surface area contributed by atoms with Crippen molar-refractivity contribution in [2.45, 2.75) is 352 Å². The monoisotopic (exact) mass is 1660 g/mol. The molecule has 0 aromatic heterocycles. The molecule has 642 valence electrons. The maximum Gasteiger partial charge on any atom is 2.00 e. The summed E-state index contributed by atoms with van der Waals surface area (Å²) in [5.41, 5.74) is 2.95. The fourth-order valence-electron chi connectivity index (χ4n) is 15.4. The van der Waals surface area contributed by atoms with E-state index in [0.717, 1.165) is 88.7 Å². The van der Waals surface area contributed by atoms with E-state index in [2.05, 4.69) is 166 Å². The van der Waals surface area contributed by atoms with Crippen molar-refractivity contribution < 1.29 is 95.7 Å². The first-order chi connectivity index (χ1) is 51.6. The van der Waals surface area contributed by atoms with Crippen LogP contribution in [0.1, 0.15) is 280 Å². The molecule has 21 nitrogen and oxygen atoms in total. The minimum absolute atomic E-state index is 0. The second-order valence-electron chi connectivity index (χ2n) is 37.6. The van der Waals surface area contributed by atoms with Crippen molar-refractivity contribution in [3.05, 3.63) is 59.3 Å².